The molecule has 2 fully saturated rings. The zero-order chi connectivity index (χ0) is 25.1. The first-order valence-electron chi connectivity index (χ1n) is 12.8. The average molecular weight is 491 g/mol. The van der Waals surface area contributed by atoms with E-state index in [1.54, 1.807) is 43.5 Å². The highest BCUT2D eigenvalue weighted by Crippen LogP contribution is 2.33. The van der Waals surface area contributed by atoms with Gasteiger partial charge >= 0.3 is 0 Å². The van der Waals surface area contributed by atoms with Crippen LogP contribution in [0.3, 0.4) is 0 Å². The normalized spacial score (nSPS) is 17.1. The van der Waals surface area contributed by atoms with Crippen molar-refractivity contribution in [3.8, 4) is 0 Å². The van der Waals surface area contributed by atoms with Crippen LogP contribution in [0.1, 0.15) is 65.4 Å². The summed E-state index contributed by atoms with van der Waals surface area (Å²) in [5.41, 5.74) is 1.98. The molecule has 0 aromatic carbocycles. The SMILES string of the molecule is CN(C)C(=O)c1cc2cnc(Nc3ccc(C(=O)N4CCNCC4)cn3)nc2n1C1CCCCCC1. The van der Waals surface area contributed by atoms with Crippen LogP contribution < -0.4 is 10.6 Å². The molecule has 0 radical (unpaired) electrons. The van der Waals surface area contributed by atoms with Crippen LogP contribution in [0.15, 0.2) is 30.6 Å². The quantitative estimate of drug-likeness (QED) is 0.529. The molecule has 3 aromatic heterocycles. The molecule has 0 unspecified atom stereocenters. The van der Waals surface area contributed by atoms with Gasteiger partial charge in [0, 0.05) is 64.1 Å². The third-order valence-electron chi connectivity index (χ3n) is 7.05. The van der Waals surface area contributed by atoms with E-state index in [-0.39, 0.29) is 17.9 Å². The Morgan fingerprint density at radius 2 is 1.78 bits per heavy atom. The van der Waals surface area contributed by atoms with Gasteiger partial charge in [0.05, 0.1) is 5.56 Å². The van der Waals surface area contributed by atoms with Crippen LogP contribution in [-0.2, 0) is 0 Å². The number of amides is 2. The highest BCUT2D eigenvalue weighted by Gasteiger charge is 2.25. The van der Waals surface area contributed by atoms with Crippen molar-refractivity contribution in [3.63, 3.8) is 0 Å². The Labute approximate surface area is 211 Å². The second-order valence-electron chi connectivity index (χ2n) is 9.82. The predicted octanol–water partition coefficient (Wildman–Crippen LogP) is 3.21. The number of carbonyl (C=O) groups excluding carboxylic acids is 2. The number of hydrogen-bond donors (Lipinski definition) is 2. The fraction of sp³-hybridized carbons (Fsp3) is 0.500. The summed E-state index contributed by atoms with van der Waals surface area (Å²) in [6, 6.07) is 5.69. The average Bonchev–Trinajstić information content (AvgIpc) is 3.07. The fourth-order valence-electron chi connectivity index (χ4n) is 5.11. The predicted molar refractivity (Wildman–Crippen MR) is 139 cm³/mol. The Bertz CT molecular complexity index is 1220. The molecule has 1 saturated heterocycles. The van der Waals surface area contributed by atoms with Gasteiger partial charge in [0.1, 0.15) is 17.2 Å². The lowest BCUT2D eigenvalue weighted by molar-refractivity contribution is 0.0735. The standard InChI is InChI=1S/C26H34N8O2/c1-32(2)25(36)21-15-19-17-29-26(31-23(19)34(21)20-7-5-3-4-6-8-20)30-22-10-9-18(16-28-22)24(35)33-13-11-27-12-14-33/h9-10,15-17,20,27H,3-8,11-14H2,1-2H3,(H,28,29,30,31). The van der Waals surface area contributed by atoms with Crippen molar-refractivity contribution in [2.45, 2.75) is 44.6 Å². The van der Waals surface area contributed by atoms with Crippen molar-refractivity contribution in [1.29, 1.82) is 0 Å². The third kappa shape index (κ3) is 5.04. The molecule has 0 bridgehead atoms. The highest BCUT2D eigenvalue weighted by molar-refractivity contribution is 5.98. The van der Waals surface area contributed by atoms with Crippen molar-refractivity contribution in [2.75, 3.05) is 45.6 Å². The second-order valence-corrected chi connectivity index (χ2v) is 9.82. The molecule has 5 rings (SSSR count). The highest BCUT2D eigenvalue weighted by atomic mass is 16.2. The number of piperazine rings is 1. The largest absolute Gasteiger partial charge is 0.343 e. The Morgan fingerprint density at radius 3 is 2.44 bits per heavy atom. The van der Waals surface area contributed by atoms with Gasteiger partial charge in [-0.2, -0.15) is 4.98 Å². The summed E-state index contributed by atoms with van der Waals surface area (Å²) in [5, 5.41) is 7.27. The molecule has 1 aliphatic heterocycles. The zero-order valence-electron chi connectivity index (χ0n) is 21.0. The first kappa shape index (κ1) is 24.2. The maximum atomic E-state index is 13.0. The molecule has 0 atom stereocenters. The van der Waals surface area contributed by atoms with Crippen molar-refractivity contribution in [2.24, 2.45) is 0 Å². The van der Waals surface area contributed by atoms with Crippen molar-refractivity contribution in [3.05, 3.63) is 41.9 Å². The van der Waals surface area contributed by atoms with Crippen LogP contribution in [-0.4, -0.2) is 81.4 Å². The molecular formula is C26H34N8O2. The molecule has 1 saturated carbocycles. The van der Waals surface area contributed by atoms with E-state index in [0.29, 0.717) is 36.1 Å². The van der Waals surface area contributed by atoms with Crippen LogP contribution in [0.25, 0.3) is 11.0 Å². The van der Waals surface area contributed by atoms with Gasteiger partial charge in [-0.3, -0.25) is 9.59 Å². The van der Waals surface area contributed by atoms with Crippen LogP contribution in [0.2, 0.25) is 0 Å². The molecule has 0 spiro atoms. The van der Waals surface area contributed by atoms with Gasteiger partial charge in [0.25, 0.3) is 11.8 Å². The van der Waals surface area contributed by atoms with E-state index >= 15 is 0 Å². The molecule has 10 heteroatoms. The summed E-state index contributed by atoms with van der Waals surface area (Å²) < 4.78 is 2.12. The minimum atomic E-state index is -0.0295. The lowest BCUT2D eigenvalue weighted by atomic mass is 10.1. The molecule has 10 nitrogen and oxygen atoms in total. The molecule has 2 amide bonds. The topological polar surface area (TPSA) is 108 Å². The minimum absolute atomic E-state index is 0.00691. The summed E-state index contributed by atoms with van der Waals surface area (Å²) in [7, 11) is 3.55. The maximum absolute atomic E-state index is 13.0. The summed E-state index contributed by atoms with van der Waals surface area (Å²) in [4.78, 5) is 42.9. The number of pyridine rings is 1. The Kier molecular flexibility index (Phi) is 7.13. The number of aromatic nitrogens is 4. The zero-order valence-corrected chi connectivity index (χ0v) is 21.0. The van der Waals surface area contributed by atoms with E-state index < -0.39 is 0 Å². The number of nitrogens with zero attached hydrogens (tertiary/aromatic N) is 6. The van der Waals surface area contributed by atoms with E-state index in [4.69, 9.17) is 4.98 Å². The fourth-order valence-corrected chi connectivity index (χ4v) is 5.11. The van der Waals surface area contributed by atoms with E-state index in [0.717, 1.165) is 49.8 Å². The summed E-state index contributed by atoms with van der Waals surface area (Å²) in [5.74, 6) is 0.932. The third-order valence-corrected chi connectivity index (χ3v) is 7.05. The van der Waals surface area contributed by atoms with Crippen molar-refractivity contribution in [1.82, 2.24) is 34.6 Å². The number of hydrogen-bond acceptors (Lipinski definition) is 7. The lowest BCUT2D eigenvalue weighted by Gasteiger charge is -2.27. The number of rotatable bonds is 5. The molecule has 1 aliphatic carbocycles. The van der Waals surface area contributed by atoms with Crippen molar-refractivity contribution < 1.29 is 9.59 Å². The van der Waals surface area contributed by atoms with Gasteiger partial charge in [0.2, 0.25) is 5.95 Å². The van der Waals surface area contributed by atoms with Crippen molar-refractivity contribution >= 4 is 34.6 Å². The Balaban J connectivity index is 1.41. The van der Waals surface area contributed by atoms with Crippen LogP contribution in [0, 0.1) is 0 Å². The number of fused-ring (bicyclic) bond motifs is 1. The number of carbonyl (C=O) groups is 2. The van der Waals surface area contributed by atoms with E-state index in [9.17, 15) is 9.59 Å². The minimum Gasteiger partial charge on any atom is -0.343 e. The first-order valence-corrected chi connectivity index (χ1v) is 12.8. The number of anilines is 2. The first-order chi connectivity index (χ1) is 17.5. The lowest BCUT2D eigenvalue weighted by Crippen LogP contribution is -2.46. The Hall–Kier alpha value is -3.53. The van der Waals surface area contributed by atoms with E-state index in [2.05, 4.69) is 25.2 Å². The van der Waals surface area contributed by atoms with E-state index in [1.807, 2.05) is 11.0 Å². The maximum Gasteiger partial charge on any atom is 0.270 e. The van der Waals surface area contributed by atoms with Gasteiger partial charge in [-0.25, -0.2) is 9.97 Å². The van der Waals surface area contributed by atoms with Gasteiger partial charge in [-0.15, -0.1) is 0 Å². The molecule has 3 aromatic rings. The molecule has 190 valence electrons. The molecular weight excluding hydrogens is 456 g/mol. The van der Waals surface area contributed by atoms with Crippen LogP contribution in [0.4, 0.5) is 11.8 Å². The van der Waals surface area contributed by atoms with E-state index in [1.165, 1.54) is 12.8 Å². The molecule has 2 aliphatic rings. The summed E-state index contributed by atoms with van der Waals surface area (Å²) >= 11 is 0. The molecule has 4 heterocycles. The Morgan fingerprint density at radius 1 is 1.03 bits per heavy atom. The van der Waals surface area contributed by atoms with Crippen LogP contribution in [0.5, 0.6) is 0 Å². The van der Waals surface area contributed by atoms with Gasteiger partial charge < -0.3 is 25.0 Å². The summed E-state index contributed by atoms with van der Waals surface area (Å²) in [6.07, 6.45) is 10.2. The summed E-state index contributed by atoms with van der Waals surface area (Å²) in [6.45, 7) is 3.02. The van der Waals surface area contributed by atoms with Crippen LogP contribution >= 0.6 is 0 Å². The number of nitrogens with one attached hydrogen (secondary N) is 2. The smallest absolute Gasteiger partial charge is 0.270 e. The van der Waals surface area contributed by atoms with Gasteiger partial charge in [-0.05, 0) is 31.0 Å². The molecule has 36 heavy (non-hydrogen) atoms. The monoisotopic (exact) mass is 490 g/mol. The second kappa shape index (κ2) is 10.6. The van der Waals surface area contributed by atoms with Gasteiger partial charge in [0.15, 0.2) is 0 Å². The van der Waals surface area contributed by atoms with Gasteiger partial charge in [-0.1, -0.05) is 25.7 Å². The molecule has 2 N–H and O–H groups in total.